The van der Waals surface area contributed by atoms with Gasteiger partial charge in [-0.05, 0) is 127 Å². The average Bonchev–Trinajstić information content (AvgIpc) is 3.48. The molecule has 1 saturated heterocycles. The number of aliphatic hydroxyl groups excluding tert-OH is 1. The van der Waals surface area contributed by atoms with Gasteiger partial charge in [-0.2, -0.15) is 0 Å². The van der Waals surface area contributed by atoms with Gasteiger partial charge in [0.05, 0.1) is 18.3 Å². The van der Waals surface area contributed by atoms with Crippen molar-refractivity contribution >= 4 is 5.91 Å². The van der Waals surface area contributed by atoms with Crippen molar-refractivity contribution in [3.05, 3.63) is 35.6 Å². The van der Waals surface area contributed by atoms with Crippen LogP contribution in [0.4, 0.5) is 4.39 Å². The molecule has 1 N–H and O–H groups in total. The second kappa shape index (κ2) is 8.77. The monoisotopic (exact) mass is 537 g/mol. The van der Waals surface area contributed by atoms with Crippen LogP contribution in [-0.4, -0.2) is 40.8 Å². The minimum absolute atomic E-state index is 0.0456. The highest BCUT2D eigenvalue weighted by Gasteiger charge is 2.80. The summed E-state index contributed by atoms with van der Waals surface area (Å²) in [4.78, 5) is 14.4. The Labute approximate surface area is 234 Å². The maximum atomic E-state index is 13.4. The van der Waals surface area contributed by atoms with Crippen molar-refractivity contribution in [3.63, 3.8) is 0 Å². The summed E-state index contributed by atoms with van der Waals surface area (Å²) in [6, 6.07) is 6.48. The summed E-state index contributed by atoms with van der Waals surface area (Å²) in [6.07, 6.45) is 12.6. The van der Waals surface area contributed by atoms with Gasteiger partial charge in [0.15, 0.2) is 0 Å². The number of carbonyl (C=O) groups excluding carboxylic acids is 1. The number of ether oxygens (including phenoxy) is 1. The topological polar surface area (TPSA) is 49.8 Å². The maximum Gasteiger partial charge on any atom is 0.219 e. The number of nitrogens with zero attached hydrogens (tertiary/aromatic N) is 1. The number of aliphatic hydroxyl groups is 1. The fourth-order valence-corrected chi connectivity index (χ4v) is 11.8. The number of amides is 1. The van der Waals surface area contributed by atoms with Crippen LogP contribution in [0, 0.1) is 51.1 Å². The van der Waals surface area contributed by atoms with Crippen molar-refractivity contribution in [2.75, 3.05) is 6.54 Å². The second-order valence-corrected chi connectivity index (χ2v) is 15.5. The molecule has 39 heavy (non-hydrogen) atoms. The molecule has 1 heterocycles. The van der Waals surface area contributed by atoms with Crippen LogP contribution >= 0.6 is 0 Å². The Bertz CT molecular complexity index is 1140. The molecule has 1 aromatic carbocycles. The summed E-state index contributed by atoms with van der Waals surface area (Å²) in [5.74, 6) is 2.68. The molecule has 0 radical (unpaired) electrons. The number of halogens is 1. The molecule has 5 saturated carbocycles. The summed E-state index contributed by atoms with van der Waals surface area (Å²) in [7, 11) is 0. The number of rotatable bonds is 4. The Morgan fingerprint density at radius 2 is 1.72 bits per heavy atom. The lowest BCUT2D eigenvalue weighted by Gasteiger charge is -2.59. The maximum absolute atomic E-state index is 13.4. The van der Waals surface area contributed by atoms with Crippen molar-refractivity contribution in [2.24, 2.45) is 45.3 Å². The summed E-state index contributed by atoms with van der Waals surface area (Å²) < 4.78 is 20.3. The van der Waals surface area contributed by atoms with Crippen LogP contribution in [0.3, 0.4) is 0 Å². The van der Waals surface area contributed by atoms with Gasteiger partial charge in [0.25, 0.3) is 0 Å². The lowest BCUT2D eigenvalue weighted by molar-refractivity contribution is -0.140. The molecule has 9 unspecified atom stereocenters. The molecule has 5 aliphatic carbocycles. The van der Waals surface area contributed by atoms with Crippen molar-refractivity contribution in [1.29, 1.82) is 0 Å². The molecule has 214 valence electrons. The summed E-state index contributed by atoms with van der Waals surface area (Å²) in [5, 5.41) is 10.9. The minimum Gasteiger partial charge on any atom is -0.393 e. The third kappa shape index (κ3) is 3.70. The van der Waals surface area contributed by atoms with E-state index in [1.54, 1.807) is 19.1 Å². The molecule has 1 amide bonds. The Morgan fingerprint density at radius 3 is 2.46 bits per heavy atom. The van der Waals surface area contributed by atoms with E-state index in [0.29, 0.717) is 47.3 Å². The van der Waals surface area contributed by atoms with E-state index in [-0.39, 0.29) is 29.3 Å². The molecule has 4 nitrogen and oxygen atoms in total. The number of benzene rings is 1. The van der Waals surface area contributed by atoms with E-state index in [4.69, 9.17) is 4.74 Å². The number of hydrogen-bond acceptors (Lipinski definition) is 3. The zero-order valence-corrected chi connectivity index (χ0v) is 24.4. The Kier molecular flexibility index (Phi) is 5.95. The van der Waals surface area contributed by atoms with E-state index in [1.165, 1.54) is 63.5 Å². The predicted molar refractivity (Wildman–Crippen MR) is 149 cm³/mol. The summed E-state index contributed by atoms with van der Waals surface area (Å²) in [5.41, 5.74) is 2.38. The van der Waals surface area contributed by atoms with Gasteiger partial charge in [0.1, 0.15) is 5.82 Å². The molecule has 2 spiro atoms. The van der Waals surface area contributed by atoms with E-state index < -0.39 is 0 Å². The van der Waals surface area contributed by atoms with Gasteiger partial charge < -0.3 is 14.7 Å². The first kappa shape index (κ1) is 26.4. The number of carbonyl (C=O) groups is 1. The van der Waals surface area contributed by atoms with Crippen molar-refractivity contribution in [1.82, 2.24) is 4.90 Å². The van der Waals surface area contributed by atoms with Crippen LogP contribution in [0.25, 0.3) is 0 Å². The predicted octanol–water partition coefficient (Wildman–Crippen LogP) is 6.74. The molecular weight excluding hydrogens is 489 g/mol. The zero-order chi connectivity index (χ0) is 27.4. The first-order valence-electron chi connectivity index (χ1n) is 15.8. The first-order chi connectivity index (χ1) is 18.5. The number of hydrogen-bond donors (Lipinski definition) is 1. The molecule has 6 aliphatic rings. The van der Waals surface area contributed by atoms with Crippen LogP contribution in [0.2, 0.25) is 0 Å². The van der Waals surface area contributed by atoms with Crippen LogP contribution in [0.5, 0.6) is 0 Å². The van der Waals surface area contributed by atoms with E-state index in [0.717, 1.165) is 30.2 Å². The van der Waals surface area contributed by atoms with Gasteiger partial charge in [-0.3, -0.25) is 4.79 Å². The SMILES string of the molecule is CC(=O)N(Cc1ccc(F)cc1)CC1CCC2C(CC3C4CCC5C(C)(C)[C@@H](O)CCC56CC46CCC23C)O1. The molecule has 0 aromatic heterocycles. The van der Waals surface area contributed by atoms with Gasteiger partial charge in [-0.25, -0.2) is 4.39 Å². The van der Waals surface area contributed by atoms with Gasteiger partial charge >= 0.3 is 0 Å². The van der Waals surface area contributed by atoms with Gasteiger partial charge in [-0.15, -0.1) is 0 Å². The minimum atomic E-state index is -0.247. The van der Waals surface area contributed by atoms with Gasteiger partial charge in [0.2, 0.25) is 5.91 Å². The Morgan fingerprint density at radius 1 is 0.974 bits per heavy atom. The molecule has 5 heteroatoms. The second-order valence-electron chi connectivity index (χ2n) is 15.5. The largest absolute Gasteiger partial charge is 0.393 e. The van der Waals surface area contributed by atoms with Crippen LogP contribution < -0.4 is 0 Å². The average molecular weight is 538 g/mol. The molecule has 7 rings (SSSR count). The highest BCUT2D eigenvalue weighted by Crippen LogP contribution is 2.87. The quantitative estimate of drug-likeness (QED) is 0.463. The third-order valence-corrected chi connectivity index (χ3v) is 13.8. The van der Waals surface area contributed by atoms with E-state index in [1.807, 2.05) is 4.90 Å². The highest BCUT2D eigenvalue weighted by atomic mass is 19.1. The van der Waals surface area contributed by atoms with Crippen LogP contribution in [0.1, 0.15) is 97.5 Å². The Balaban J connectivity index is 1.06. The fourth-order valence-electron chi connectivity index (χ4n) is 11.8. The summed E-state index contributed by atoms with van der Waals surface area (Å²) >= 11 is 0. The molecule has 0 bridgehead atoms. The van der Waals surface area contributed by atoms with Gasteiger partial charge in [-0.1, -0.05) is 32.9 Å². The van der Waals surface area contributed by atoms with E-state index >= 15 is 0 Å². The molecule has 1 aliphatic heterocycles. The summed E-state index contributed by atoms with van der Waals surface area (Å²) in [6.45, 7) is 10.1. The third-order valence-electron chi connectivity index (χ3n) is 13.8. The first-order valence-corrected chi connectivity index (χ1v) is 15.8. The lowest BCUT2D eigenvalue weighted by Crippen LogP contribution is -2.54. The normalized spacial score (nSPS) is 47.2. The fraction of sp³-hybridized carbons (Fsp3) is 0.794. The van der Waals surface area contributed by atoms with Crippen molar-refractivity contribution < 1.29 is 19.0 Å². The Hall–Kier alpha value is -1.46. The molecule has 1 aromatic rings. The van der Waals surface area contributed by atoms with Crippen molar-refractivity contribution in [3.8, 4) is 0 Å². The highest BCUT2D eigenvalue weighted by molar-refractivity contribution is 5.73. The number of fused-ring (bicyclic) bond motifs is 4. The van der Waals surface area contributed by atoms with Crippen molar-refractivity contribution in [2.45, 2.75) is 117 Å². The van der Waals surface area contributed by atoms with E-state index in [2.05, 4.69) is 20.8 Å². The molecule has 10 atom stereocenters. The van der Waals surface area contributed by atoms with E-state index in [9.17, 15) is 14.3 Å². The van der Waals surface area contributed by atoms with Crippen LogP contribution in [0.15, 0.2) is 24.3 Å². The zero-order valence-electron chi connectivity index (χ0n) is 24.4. The molecular formula is C34H48FNO3. The molecule has 6 fully saturated rings. The standard InChI is InChI=1S/C34H48FNO3/c1-21(37)36(18-22-5-7-23(35)8-6-22)19-24-9-10-26-28(39-24)17-27-25-11-12-29-31(2,3)30(38)13-14-34(29)20-33(25,34)16-15-32(26,27)4/h5-8,24-30,38H,9-20H2,1-4H3/t24?,25?,26?,27?,28?,29?,30-,32?,33?,34?/m0/s1. The van der Waals surface area contributed by atoms with Gasteiger partial charge in [0, 0.05) is 20.0 Å². The smallest absolute Gasteiger partial charge is 0.219 e. The lowest BCUT2D eigenvalue weighted by atomic mass is 9.46. The van der Waals surface area contributed by atoms with Crippen LogP contribution in [-0.2, 0) is 16.1 Å².